The molecule has 0 saturated heterocycles. The van der Waals surface area contributed by atoms with Crippen molar-refractivity contribution in [2.45, 2.75) is 33.2 Å². The highest BCUT2D eigenvalue weighted by atomic mass is 16.2. The molecule has 0 unspecified atom stereocenters. The normalized spacial score (nSPS) is 11.2. The van der Waals surface area contributed by atoms with Crippen LogP contribution in [-0.4, -0.2) is 23.0 Å². The Morgan fingerprint density at radius 3 is 2.69 bits per heavy atom. The highest BCUT2D eigenvalue weighted by Crippen LogP contribution is 2.11. The van der Waals surface area contributed by atoms with Crippen LogP contribution in [0, 0.1) is 6.92 Å². The molecule has 1 rings (SSSR count). The number of hydrogen-bond donors (Lipinski definition) is 2. The molecule has 0 atom stereocenters. The highest BCUT2D eigenvalue weighted by molar-refractivity contribution is 5.97. The topological polar surface area (TPSA) is 54.0 Å². The molecule has 1 amide bonds. The summed E-state index contributed by atoms with van der Waals surface area (Å²) < 4.78 is 0. The monoisotopic (exact) mass is 221 g/mol. The molecule has 4 nitrogen and oxygen atoms in total. The maximum Gasteiger partial charge on any atom is 0.244 e. The van der Waals surface area contributed by atoms with Gasteiger partial charge < -0.3 is 10.6 Å². The van der Waals surface area contributed by atoms with Crippen molar-refractivity contribution in [3.8, 4) is 0 Å². The second-order valence-corrected chi connectivity index (χ2v) is 4.36. The summed E-state index contributed by atoms with van der Waals surface area (Å²) in [5.74, 6) is -0.0539. The van der Waals surface area contributed by atoms with Gasteiger partial charge in [0.15, 0.2) is 0 Å². The molecule has 0 saturated carbocycles. The lowest BCUT2D eigenvalue weighted by atomic mass is 10.0. The molecule has 0 fully saturated rings. The average Bonchev–Trinajstić information content (AvgIpc) is 2.17. The smallest absolute Gasteiger partial charge is 0.244 e. The summed E-state index contributed by atoms with van der Waals surface area (Å²) in [6.45, 7) is 8.39. The molecule has 0 aromatic carbocycles. The Kier molecular flexibility index (Phi) is 4.01. The number of amides is 1. The molecule has 0 aliphatic rings. The molecule has 0 spiro atoms. The minimum Gasteiger partial charge on any atom is -0.323 e. The number of aryl methyl sites for hydroxylation is 1. The molecular formula is C12H19N3O. The van der Waals surface area contributed by atoms with Crippen LogP contribution >= 0.6 is 0 Å². The summed E-state index contributed by atoms with van der Waals surface area (Å²) in [5.41, 5.74) is 1.19. The van der Waals surface area contributed by atoms with Crippen LogP contribution in [0.4, 0.5) is 5.69 Å². The molecule has 88 valence electrons. The predicted octanol–water partition coefficient (Wildman–Crippen LogP) is 1.72. The molecule has 4 heteroatoms. The van der Waals surface area contributed by atoms with Gasteiger partial charge in [-0.15, -0.1) is 0 Å². The lowest BCUT2D eigenvalue weighted by Gasteiger charge is -2.24. The number of nitrogens with one attached hydrogen (secondary N) is 2. The van der Waals surface area contributed by atoms with Crippen molar-refractivity contribution in [1.82, 2.24) is 10.3 Å². The first-order valence-electron chi connectivity index (χ1n) is 5.44. The first-order chi connectivity index (χ1) is 7.45. The number of aromatic nitrogens is 1. The van der Waals surface area contributed by atoms with E-state index in [9.17, 15) is 4.79 Å². The van der Waals surface area contributed by atoms with Crippen LogP contribution in [0.1, 0.15) is 26.3 Å². The van der Waals surface area contributed by atoms with Gasteiger partial charge in [0.25, 0.3) is 0 Å². The Morgan fingerprint density at radius 1 is 1.44 bits per heavy atom. The van der Waals surface area contributed by atoms with Gasteiger partial charge in [0.2, 0.25) is 5.91 Å². The summed E-state index contributed by atoms with van der Waals surface area (Å²) in [6, 6.07) is 1.90. The van der Waals surface area contributed by atoms with Crippen molar-refractivity contribution < 1.29 is 4.79 Å². The Labute approximate surface area is 96.5 Å². The molecule has 0 bridgehead atoms. The van der Waals surface area contributed by atoms with Crippen LogP contribution in [0.2, 0.25) is 0 Å². The quantitative estimate of drug-likeness (QED) is 0.814. The maximum atomic E-state index is 11.9. The van der Waals surface area contributed by atoms with Crippen LogP contribution in [-0.2, 0) is 4.79 Å². The van der Waals surface area contributed by atoms with Crippen molar-refractivity contribution in [1.29, 1.82) is 0 Å². The van der Waals surface area contributed by atoms with E-state index in [2.05, 4.69) is 15.6 Å². The first kappa shape index (κ1) is 12.6. The van der Waals surface area contributed by atoms with E-state index in [0.717, 1.165) is 17.8 Å². The van der Waals surface area contributed by atoms with Gasteiger partial charge in [0.1, 0.15) is 0 Å². The standard InChI is InChI=1S/C12H19N3O/c1-5-14-12(3,4)11(16)15-10-6-9(2)7-13-8-10/h6-8,14H,5H2,1-4H3,(H,15,16). The minimum absolute atomic E-state index is 0.0539. The van der Waals surface area contributed by atoms with Crippen molar-refractivity contribution in [3.05, 3.63) is 24.0 Å². The van der Waals surface area contributed by atoms with Gasteiger partial charge in [0.05, 0.1) is 17.4 Å². The summed E-state index contributed by atoms with van der Waals surface area (Å²) in [7, 11) is 0. The van der Waals surface area contributed by atoms with Crippen LogP contribution in [0.3, 0.4) is 0 Å². The number of nitrogens with zero attached hydrogens (tertiary/aromatic N) is 1. The van der Waals surface area contributed by atoms with E-state index in [-0.39, 0.29) is 5.91 Å². The summed E-state index contributed by atoms with van der Waals surface area (Å²) in [6.07, 6.45) is 3.40. The lowest BCUT2D eigenvalue weighted by molar-refractivity contribution is -0.121. The number of rotatable bonds is 4. The zero-order chi connectivity index (χ0) is 12.2. The molecule has 1 heterocycles. The number of carbonyl (C=O) groups excluding carboxylic acids is 1. The number of likely N-dealkylation sites (N-methyl/N-ethyl adjacent to an activating group) is 1. The van der Waals surface area contributed by atoms with Crippen LogP contribution in [0.15, 0.2) is 18.5 Å². The Morgan fingerprint density at radius 2 is 2.12 bits per heavy atom. The molecule has 1 aromatic heterocycles. The Hall–Kier alpha value is -1.42. The third-order valence-corrected chi connectivity index (χ3v) is 2.32. The third-order valence-electron chi connectivity index (χ3n) is 2.32. The second kappa shape index (κ2) is 5.07. The van der Waals surface area contributed by atoms with Crippen molar-refractivity contribution in [3.63, 3.8) is 0 Å². The second-order valence-electron chi connectivity index (χ2n) is 4.36. The number of hydrogen-bond acceptors (Lipinski definition) is 3. The van der Waals surface area contributed by atoms with E-state index < -0.39 is 5.54 Å². The Bertz CT molecular complexity index is 374. The Balaban J connectivity index is 2.71. The molecule has 2 N–H and O–H groups in total. The van der Waals surface area contributed by atoms with Crippen LogP contribution < -0.4 is 10.6 Å². The fraction of sp³-hybridized carbons (Fsp3) is 0.500. The van der Waals surface area contributed by atoms with E-state index in [4.69, 9.17) is 0 Å². The third kappa shape index (κ3) is 3.31. The van der Waals surface area contributed by atoms with Crippen molar-refractivity contribution >= 4 is 11.6 Å². The van der Waals surface area contributed by atoms with Gasteiger partial charge >= 0.3 is 0 Å². The van der Waals surface area contributed by atoms with E-state index in [1.54, 1.807) is 12.4 Å². The van der Waals surface area contributed by atoms with Crippen molar-refractivity contribution in [2.24, 2.45) is 0 Å². The van der Waals surface area contributed by atoms with E-state index in [0.29, 0.717) is 0 Å². The summed E-state index contributed by atoms with van der Waals surface area (Å²) in [5, 5.41) is 5.97. The molecule has 1 aromatic rings. The van der Waals surface area contributed by atoms with E-state index in [1.165, 1.54) is 0 Å². The lowest BCUT2D eigenvalue weighted by Crippen LogP contribution is -2.49. The SMILES string of the molecule is CCNC(C)(C)C(=O)Nc1cncc(C)c1. The zero-order valence-corrected chi connectivity index (χ0v) is 10.3. The summed E-state index contributed by atoms with van der Waals surface area (Å²) in [4.78, 5) is 16.0. The summed E-state index contributed by atoms with van der Waals surface area (Å²) >= 11 is 0. The molecule has 16 heavy (non-hydrogen) atoms. The molecule has 0 aliphatic heterocycles. The molecule has 0 aliphatic carbocycles. The van der Waals surface area contributed by atoms with Gasteiger partial charge in [-0.05, 0) is 38.9 Å². The fourth-order valence-electron chi connectivity index (χ4n) is 1.43. The van der Waals surface area contributed by atoms with Crippen LogP contribution in [0.25, 0.3) is 0 Å². The van der Waals surface area contributed by atoms with Gasteiger partial charge in [-0.25, -0.2) is 0 Å². The van der Waals surface area contributed by atoms with E-state index >= 15 is 0 Å². The fourth-order valence-corrected chi connectivity index (χ4v) is 1.43. The highest BCUT2D eigenvalue weighted by Gasteiger charge is 2.26. The molecular weight excluding hydrogens is 202 g/mol. The average molecular weight is 221 g/mol. The largest absolute Gasteiger partial charge is 0.323 e. The van der Waals surface area contributed by atoms with Gasteiger partial charge in [-0.2, -0.15) is 0 Å². The minimum atomic E-state index is -0.571. The van der Waals surface area contributed by atoms with Gasteiger partial charge in [-0.1, -0.05) is 6.92 Å². The van der Waals surface area contributed by atoms with Gasteiger partial charge in [0, 0.05) is 6.20 Å². The number of pyridine rings is 1. The van der Waals surface area contributed by atoms with Crippen molar-refractivity contribution in [2.75, 3.05) is 11.9 Å². The number of anilines is 1. The van der Waals surface area contributed by atoms with E-state index in [1.807, 2.05) is 33.8 Å². The zero-order valence-electron chi connectivity index (χ0n) is 10.3. The predicted molar refractivity (Wildman–Crippen MR) is 65.4 cm³/mol. The first-order valence-corrected chi connectivity index (χ1v) is 5.44. The molecule has 0 radical (unpaired) electrons. The van der Waals surface area contributed by atoms with Gasteiger partial charge in [-0.3, -0.25) is 9.78 Å². The number of carbonyl (C=O) groups is 1. The van der Waals surface area contributed by atoms with Crippen LogP contribution in [0.5, 0.6) is 0 Å². The maximum absolute atomic E-state index is 11.9.